The quantitative estimate of drug-likeness (QED) is 0.734. The number of anilines is 2. The van der Waals surface area contributed by atoms with Gasteiger partial charge in [-0.25, -0.2) is 0 Å². The molecule has 0 atom stereocenters. The van der Waals surface area contributed by atoms with Gasteiger partial charge in [-0.1, -0.05) is 36.4 Å². The Kier molecular flexibility index (Phi) is 2.64. The minimum absolute atomic E-state index is 0.0707. The largest absolute Gasteiger partial charge is 0.337 e. The molecule has 3 heteroatoms. The summed E-state index contributed by atoms with van der Waals surface area (Å²) in [5, 5.41) is 1.06. The van der Waals surface area contributed by atoms with E-state index in [9.17, 15) is 4.79 Å². The number of benzene rings is 2. The molecule has 0 saturated carbocycles. The molecule has 1 N–H and O–H groups in total. The highest BCUT2D eigenvalue weighted by Gasteiger charge is 2.16. The first-order chi connectivity index (χ1) is 10.3. The number of hydrogen-bond donors (Lipinski definition) is 1. The van der Waals surface area contributed by atoms with E-state index in [-0.39, 0.29) is 5.56 Å². The molecule has 1 aromatic heterocycles. The zero-order chi connectivity index (χ0) is 14.2. The third kappa shape index (κ3) is 1.94. The van der Waals surface area contributed by atoms with Crippen molar-refractivity contribution in [2.45, 2.75) is 0 Å². The van der Waals surface area contributed by atoms with Crippen molar-refractivity contribution < 1.29 is 0 Å². The average Bonchev–Trinajstić information content (AvgIpc) is 2.53. The fourth-order valence-corrected chi connectivity index (χ4v) is 2.89. The molecule has 3 aromatic rings. The van der Waals surface area contributed by atoms with Gasteiger partial charge in [0.25, 0.3) is 0 Å². The third-order valence-electron chi connectivity index (χ3n) is 3.85. The van der Waals surface area contributed by atoms with Crippen LogP contribution in [0.4, 0.5) is 11.4 Å². The molecule has 2 aromatic carbocycles. The fourth-order valence-electron chi connectivity index (χ4n) is 2.89. The molecular formula is C18H14N2O. The van der Waals surface area contributed by atoms with E-state index in [2.05, 4.69) is 46.3 Å². The van der Waals surface area contributed by atoms with Crippen LogP contribution in [0.3, 0.4) is 0 Å². The molecule has 1 aliphatic heterocycles. The van der Waals surface area contributed by atoms with Crippen molar-refractivity contribution in [1.29, 1.82) is 0 Å². The van der Waals surface area contributed by atoms with Crippen LogP contribution in [0.15, 0.2) is 65.5 Å². The summed E-state index contributed by atoms with van der Waals surface area (Å²) in [6.07, 6.45) is 4.31. The van der Waals surface area contributed by atoms with E-state index in [1.54, 1.807) is 6.07 Å². The molecule has 0 bridgehead atoms. The van der Waals surface area contributed by atoms with E-state index in [1.807, 2.05) is 24.3 Å². The van der Waals surface area contributed by atoms with Gasteiger partial charge in [0, 0.05) is 23.7 Å². The molecule has 0 unspecified atom stereocenters. The summed E-state index contributed by atoms with van der Waals surface area (Å²) in [7, 11) is 0. The number of nitrogens with one attached hydrogen (secondary N) is 1. The number of nitrogens with zero attached hydrogens (tertiary/aromatic N) is 1. The first-order valence-corrected chi connectivity index (χ1v) is 6.98. The molecule has 4 rings (SSSR count). The fraction of sp³-hybridized carbons (Fsp3) is 0.0556. The number of para-hydroxylation sites is 1. The number of hydrogen-bond acceptors (Lipinski definition) is 2. The Hall–Kier alpha value is -2.81. The summed E-state index contributed by atoms with van der Waals surface area (Å²) in [5.74, 6) is 0. The number of H-pyrrole nitrogens is 1. The lowest BCUT2D eigenvalue weighted by atomic mass is 10.1. The number of aromatic nitrogens is 1. The number of rotatable bonds is 1. The Morgan fingerprint density at radius 3 is 2.71 bits per heavy atom. The van der Waals surface area contributed by atoms with Crippen molar-refractivity contribution in [1.82, 2.24) is 4.98 Å². The monoisotopic (exact) mass is 274 g/mol. The average molecular weight is 274 g/mol. The maximum atomic E-state index is 11.5. The highest BCUT2D eigenvalue weighted by molar-refractivity contribution is 5.95. The summed E-state index contributed by atoms with van der Waals surface area (Å²) >= 11 is 0. The molecule has 3 nitrogen and oxygen atoms in total. The standard InChI is InChI=1S/C18H14N2O/c21-18-11-10-14-15(19-18)7-3-9-17(14)20-12-4-6-13-5-1-2-8-16(13)20/h1-11H,12H2,(H,19,21). The maximum Gasteiger partial charge on any atom is 0.248 e. The first-order valence-electron chi connectivity index (χ1n) is 6.98. The minimum Gasteiger partial charge on any atom is -0.337 e. The van der Waals surface area contributed by atoms with E-state index in [0.29, 0.717) is 0 Å². The van der Waals surface area contributed by atoms with E-state index in [4.69, 9.17) is 0 Å². The summed E-state index contributed by atoms with van der Waals surface area (Å²) in [6, 6.07) is 17.8. The lowest BCUT2D eigenvalue weighted by Gasteiger charge is -2.29. The molecule has 0 aliphatic carbocycles. The molecule has 0 radical (unpaired) electrons. The van der Waals surface area contributed by atoms with Crippen LogP contribution in [0.2, 0.25) is 0 Å². The van der Waals surface area contributed by atoms with E-state index in [0.717, 1.165) is 23.1 Å². The SMILES string of the molecule is O=c1ccc2c(N3CC=Cc4ccccc43)cccc2[nH]1. The van der Waals surface area contributed by atoms with Gasteiger partial charge in [-0.2, -0.15) is 0 Å². The Morgan fingerprint density at radius 1 is 0.905 bits per heavy atom. The summed E-state index contributed by atoms with van der Waals surface area (Å²) < 4.78 is 0. The zero-order valence-electron chi connectivity index (χ0n) is 11.4. The van der Waals surface area contributed by atoms with Gasteiger partial charge in [0.15, 0.2) is 0 Å². The lowest BCUT2D eigenvalue weighted by Crippen LogP contribution is -2.20. The second-order valence-corrected chi connectivity index (χ2v) is 5.13. The Morgan fingerprint density at radius 2 is 1.76 bits per heavy atom. The number of pyridine rings is 1. The van der Waals surface area contributed by atoms with Gasteiger partial charge in [0.05, 0.1) is 11.2 Å². The molecule has 102 valence electrons. The number of fused-ring (bicyclic) bond motifs is 2. The smallest absolute Gasteiger partial charge is 0.248 e. The molecule has 2 heterocycles. The maximum absolute atomic E-state index is 11.5. The lowest BCUT2D eigenvalue weighted by molar-refractivity contribution is 1.09. The van der Waals surface area contributed by atoms with E-state index < -0.39 is 0 Å². The van der Waals surface area contributed by atoms with Crippen molar-refractivity contribution in [3.8, 4) is 0 Å². The second-order valence-electron chi connectivity index (χ2n) is 5.13. The van der Waals surface area contributed by atoms with Crippen LogP contribution in [-0.4, -0.2) is 11.5 Å². The van der Waals surface area contributed by atoms with Gasteiger partial charge in [-0.05, 0) is 29.8 Å². The van der Waals surface area contributed by atoms with Crippen LogP contribution < -0.4 is 10.5 Å². The third-order valence-corrected chi connectivity index (χ3v) is 3.85. The van der Waals surface area contributed by atoms with Crippen LogP contribution >= 0.6 is 0 Å². The van der Waals surface area contributed by atoms with Gasteiger partial charge in [0.1, 0.15) is 0 Å². The molecule has 0 fully saturated rings. The minimum atomic E-state index is -0.0707. The van der Waals surface area contributed by atoms with Crippen molar-refractivity contribution in [2.24, 2.45) is 0 Å². The predicted molar refractivity (Wildman–Crippen MR) is 87.1 cm³/mol. The topological polar surface area (TPSA) is 36.1 Å². The van der Waals surface area contributed by atoms with Gasteiger partial charge in [0.2, 0.25) is 5.56 Å². The van der Waals surface area contributed by atoms with Gasteiger partial charge in [-0.15, -0.1) is 0 Å². The van der Waals surface area contributed by atoms with Crippen molar-refractivity contribution >= 4 is 28.4 Å². The van der Waals surface area contributed by atoms with E-state index >= 15 is 0 Å². The summed E-state index contributed by atoms with van der Waals surface area (Å²) in [6.45, 7) is 0.829. The second kappa shape index (κ2) is 4.63. The van der Waals surface area contributed by atoms with Crippen LogP contribution in [0.5, 0.6) is 0 Å². The first kappa shape index (κ1) is 12.0. The summed E-state index contributed by atoms with van der Waals surface area (Å²) in [5.41, 5.74) is 4.31. The normalized spacial score (nSPS) is 13.4. The van der Waals surface area contributed by atoms with Crippen LogP contribution in [0.25, 0.3) is 17.0 Å². The highest BCUT2D eigenvalue weighted by atomic mass is 16.1. The van der Waals surface area contributed by atoms with Gasteiger partial charge in [-0.3, -0.25) is 4.79 Å². The molecule has 0 amide bonds. The predicted octanol–water partition coefficient (Wildman–Crippen LogP) is 3.69. The van der Waals surface area contributed by atoms with Crippen LogP contribution in [-0.2, 0) is 0 Å². The zero-order valence-corrected chi connectivity index (χ0v) is 11.4. The van der Waals surface area contributed by atoms with Crippen molar-refractivity contribution in [3.05, 3.63) is 76.6 Å². The van der Waals surface area contributed by atoms with Crippen molar-refractivity contribution in [3.63, 3.8) is 0 Å². The van der Waals surface area contributed by atoms with Gasteiger partial charge >= 0.3 is 0 Å². The van der Waals surface area contributed by atoms with Crippen LogP contribution in [0, 0.1) is 0 Å². The van der Waals surface area contributed by atoms with Gasteiger partial charge < -0.3 is 9.88 Å². The van der Waals surface area contributed by atoms with Crippen molar-refractivity contribution in [2.75, 3.05) is 11.4 Å². The number of aromatic amines is 1. The molecule has 21 heavy (non-hydrogen) atoms. The molecule has 0 spiro atoms. The Labute approximate surface area is 122 Å². The molecular weight excluding hydrogens is 260 g/mol. The highest BCUT2D eigenvalue weighted by Crippen LogP contribution is 2.35. The van der Waals surface area contributed by atoms with E-state index in [1.165, 1.54) is 11.3 Å². The van der Waals surface area contributed by atoms with Crippen LogP contribution in [0.1, 0.15) is 5.56 Å². The summed E-state index contributed by atoms with van der Waals surface area (Å²) in [4.78, 5) is 16.7. The Bertz CT molecular complexity index is 908. The molecule has 0 saturated heterocycles. The Balaban J connectivity index is 1.95. The molecule has 1 aliphatic rings.